The smallest absolute Gasteiger partial charge is 0.306 e. The van der Waals surface area contributed by atoms with E-state index >= 15 is 0 Å². The van der Waals surface area contributed by atoms with Gasteiger partial charge in [-0.1, -0.05) is 20.3 Å². The Kier molecular flexibility index (Phi) is 3.31. The fraction of sp³-hybridized carbons (Fsp3) is 0.900. The van der Waals surface area contributed by atoms with E-state index in [1.807, 2.05) is 0 Å². The summed E-state index contributed by atoms with van der Waals surface area (Å²) in [4.78, 5) is 10.8. The molecule has 0 aromatic carbocycles. The average Bonchev–Trinajstić information content (AvgIpc) is 2.45. The monoisotopic (exact) mass is 186 g/mol. The van der Waals surface area contributed by atoms with Crippen LogP contribution in [0.2, 0.25) is 0 Å². The lowest BCUT2D eigenvalue weighted by molar-refractivity contribution is -0.143. The van der Waals surface area contributed by atoms with Crippen LogP contribution < -0.4 is 0 Å². The van der Waals surface area contributed by atoms with Crippen LogP contribution in [0.1, 0.15) is 26.7 Å². The summed E-state index contributed by atoms with van der Waals surface area (Å²) in [6, 6.07) is 0. The fourth-order valence-electron chi connectivity index (χ4n) is 2.42. The highest BCUT2D eigenvalue weighted by molar-refractivity contribution is 5.70. The van der Waals surface area contributed by atoms with Crippen LogP contribution in [0.3, 0.4) is 0 Å². The summed E-state index contributed by atoms with van der Waals surface area (Å²) in [5, 5.41) is 18.0. The second-order valence-electron chi connectivity index (χ2n) is 4.19. The maximum atomic E-state index is 10.8. The first-order valence-electron chi connectivity index (χ1n) is 4.91. The quantitative estimate of drug-likeness (QED) is 0.699. The van der Waals surface area contributed by atoms with Crippen molar-refractivity contribution >= 4 is 5.97 Å². The molecule has 13 heavy (non-hydrogen) atoms. The van der Waals surface area contributed by atoms with Crippen molar-refractivity contribution < 1.29 is 15.0 Å². The van der Waals surface area contributed by atoms with Gasteiger partial charge >= 0.3 is 5.97 Å². The van der Waals surface area contributed by atoms with Crippen LogP contribution in [-0.4, -0.2) is 22.8 Å². The van der Waals surface area contributed by atoms with Crippen molar-refractivity contribution in [2.45, 2.75) is 26.7 Å². The third-order valence-electron chi connectivity index (χ3n) is 3.48. The highest BCUT2D eigenvalue weighted by Gasteiger charge is 2.38. The Morgan fingerprint density at radius 2 is 2.15 bits per heavy atom. The van der Waals surface area contributed by atoms with Crippen molar-refractivity contribution in [1.82, 2.24) is 0 Å². The van der Waals surface area contributed by atoms with E-state index in [4.69, 9.17) is 10.2 Å². The lowest BCUT2D eigenvalue weighted by atomic mass is 9.83. The maximum absolute atomic E-state index is 10.8. The van der Waals surface area contributed by atoms with E-state index < -0.39 is 5.97 Å². The number of aliphatic hydroxyl groups excluding tert-OH is 1. The molecule has 0 aromatic heterocycles. The van der Waals surface area contributed by atoms with Gasteiger partial charge in [-0.15, -0.1) is 0 Å². The number of hydrogen-bond donors (Lipinski definition) is 2. The van der Waals surface area contributed by atoms with E-state index in [1.54, 1.807) is 6.92 Å². The molecule has 0 spiro atoms. The molecule has 4 atom stereocenters. The van der Waals surface area contributed by atoms with Crippen LogP contribution in [0.15, 0.2) is 0 Å². The Morgan fingerprint density at radius 1 is 1.54 bits per heavy atom. The molecule has 0 bridgehead atoms. The highest BCUT2D eigenvalue weighted by Crippen LogP contribution is 2.40. The minimum Gasteiger partial charge on any atom is -0.481 e. The lowest BCUT2D eigenvalue weighted by Crippen LogP contribution is -2.27. The molecule has 76 valence electrons. The van der Waals surface area contributed by atoms with Gasteiger partial charge in [0.05, 0.1) is 5.92 Å². The molecule has 0 aromatic rings. The van der Waals surface area contributed by atoms with E-state index in [0.29, 0.717) is 5.92 Å². The van der Waals surface area contributed by atoms with E-state index in [0.717, 1.165) is 12.8 Å². The first kappa shape index (κ1) is 10.5. The van der Waals surface area contributed by atoms with E-state index in [9.17, 15) is 4.79 Å². The summed E-state index contributed by atoms with van der Waals surface area (Å²) in [7, 11) is 0. The zero-order valence-corrected chi connectivity index (χ0v) is 8.23. The Bertz CT molecular complexity index is 191. The molecular weight excluding hydrogens is 168 g/mol. The maximum Gasteiger partial charge on any atom is 0.306 e. The van der Waals surface area contributed by atoms with Gasteiger partial charge in [0.1, 0.15) is 0 Å². The summed E-state index contributed by atoms with van der Waals surface area (Å²) in [6.07, 6.45) is 1.99. The van der Waals surface area contributed by atoms with Crippen molar-refractivity contribution in [1.29, 1.82) is 0 Å². The summed E-state index contributed by atoms with van der Waals surface area (Å²) in [5.74, 6) is -0.236. The Balaban J connectivity index is 2.64. The van der Waals surface area contributed by atoms with E-state index in [2.05, 4.69) is 6.92 Å². The summed E-state index contributed by atoms with van der Waals surface area (Å²) >= 11 is 0. The van der Waals surface area contributed by atoms with Crippen LogP contribution in [0, 0.1) is 23.7 Å². The van der Waals surface area contributed by atoms with Crippen LogP contribution in [0.4, 0.5) is 0 Å². The van der Waals surface area contributed by atoms with Crippen molar-refractivity contribution in [3.63, 3.8) is 0 Å². The zero-order valence-electron chi connectivity index (χ0n) is 8.23. The highest BCUT2D eigenvalue weighted by atomic mass is 16.4. The van der Waals surface area contributed by atoms with Crippen molar-refractivity contribution in [3.8, 4) is 0 Å². The van der Waals surface area contributed by atoms with E-state index in [1.165, 1.54) is 0 Å². The standard InChI is InChI=1S/C10H18O3/c1-6-3-4-8(9(6)5-11)7(2)10(12)13/h6-9,11H,3-5H2,1-2H3,(H,12,13)/t6-,7-,8+,9-/m0/s1. The number of carboxylic acids is 1. The minimum atomic E-state index is -0.738. The fourth-order valence-corrected chi connectivity index (χ4v) is 2.42. The molecule has 0 amide bonds. The average molecular weight is 186 g/mol. The Morgan fingerprint density at radius 3 is 2.62 bits per heavy atom. The molecule has 1 aliphatic rings. The number of aliphatic hydroxyl groups is 1. The molecule has 0 heterocycles. The van der Waals surface area contributed by atoms with Gasteiger partial charge in [0.25, 0.3) is 0 Å². The van der Waals surface area contributed by atoms with Gasteiger partial charge < -0.3 is 10.2 Å². The molecule has 1 rings (SSSR count). The van der Waals surface area contributed by atoms with Gasteiger partial charge in [-0.25, -0.2) is 0 Å². The molecule has 1 fully saturated rings. The molecule has 1 aliphatic carbocycles. The number of aliphatic carboxylic acids is 1. The molecular formula is C10H18O3. The van der Waals surface area contributed by atoms with Crippen molar-refractivity contribution in [2.75, 3.05) is 6.61 Å². The molecule has 1 saturated carbocycles. The van der Waals surface area contributed by atoms with Crippen LogP contribution in [0.25, 0.3) is 0 Å². The van der Waals surface area contributed by atoms with E-state index in [-0.39, 0.29) is 24.4 Å². The number of hydrogen-bond acceptors (Lipinski definition) is 2. The first-order valence-corrected chi connectivity index (χ1v) is 4.91. The van der Waals surface area contributed by atoms with Crippen molar-refractivity contribution in [3.05, 3.63) is 0 Å². The molecule has 0 aliphatic heterocycles. The largest absolute Gasteiger partial charge is 0.481 e. The number of rotatable bonds is 3. The predicted molar refractivity (Wildman–Crippen MR) is 49.3 cm³/mol. The van der Waals surface area contributed by atoms with Gasteiger partial charge in [0, 0.05) is 6.61 Å². The Labute approximate surface area is 78.8 Å². The summed E-state index contributed by atoms with van der Waals surface area (Å²) < 4.78 is 0. The summed E-state index contributed by atoms with van der Waals surface area (Å²) in [5.41, 5.74) is 0. The number of carbonyl (C=O) groups is 1. The van der Waals surface area contributed by atoms with Crippen molar-refractivity contribution in [2.24, 2.45) is 23.7 Å². The lowest BCUT2D eigenvalue weighted by Gasteiger charge is -2.23. The topological polar surface area (TPSA) is 57.5 Å². The second kappa shape index (κ2) is 4.09. The van der Waals surface area contributed by atoms with Crippen LogP contribution in [0.5, 0.6) is 0 Å². The van der Waals surface area contributed by atoms with Gasteiger partial charge in [0.15, 0.2) is 0 Å². The van der Waals surface area contributed by atoms with Gasteiger partial charge in [-0.2, -0.15) is 0 Å². The third kappa shape index (κ3) is 2.02. The zero-order chi connectivity index (χ0) is 10.0. The molecule has 0 unspecified atom stereocenters. The SMILES string of the molecule is C[C@H](C(=O)O)[C@H]1CC[C@H](C)[C@@H]1CO. The normalized spacial score (nSPS) is 36.1. The molecule has 0 radical (unpaired) electrons. The predicted octanol–water partition coefficient (Wildman–Crippen LogP) is 1.36. The van der Waals surface area contributed by atoms with Gasteiger partial charge in [-0.05, 0) is 24.2 Å². The van der Waals surface area contributed by atoms with Gasteiger partial charge in [-0.3, -0.25) is 4.79 Å². The van der Waals surface area contributed by atoms with Crippen LogP contribution >= 0.6 is 0 Å². The van der Waals surface area contributed by atoms with Crippen LogP contribution in [-0.2, 0) is 4.79 Å². The number of carboxylic acid groups (broad SMARTS) is 1. The summed E-state index contributed by atoms with van der Waals surface area (Å²) in [6.45, 7) is 3.96. The Hall–Kier alpha value is -0.570. The minimum absolute atomic E-state index is 0.128. The third-order valence-corrected chi connectivity index (χ3v) is 3.48. The first-order chi connectivity index (χ1) is 6.07. The molecule has 3 nitrogen and oxygen atoms in total. The molecule has 3 heteroatoms. The second-order valence-corrected chi connectivity index (χ2v) is 4.19. The van der Waals surface area contributed by atoms with Gasteiger partial charge in [0.2, 0.25) is 0 Å². The molecule has 0 saturated heterocycles. The molecule has 2 N–H and O–H groups in total.